The average Bonchev–Trinajstić information content (AvgIpc) is 2.64. The Labute approximate surface area is 143 Å². The first-order chi connectivity index (χ1) is 12.1. The summed E-state index contributed by atoms with van der Waals surface area (Å²) in [7, 11) is 0. The lowest BCUT2D eigenvalue weighted by Crippen LogP contribution is -2.36. The highest BCUT2D eigenvalue weighted by molar-refractivity contribution is 5.85. The summed E-state index contributed by atoms with van der Waals surface area (Å²) in [5, 5.41) is 20.2. The number of nitrogens with zero attached hydrogens (tertiary/aromatic N) is 1. The maximum Gasteiger partial charge on any atom is 0.190 e. The van der Waals surface area contributed by atoms with E-state index in [-0.39, 0.29) is 16.9 Å². The third kappa shape index (κ3) is 2.92. The molecule has 128 valence electrons. The van der Waals surface area contributed by atoms with Crippen molar-refractivity contribution in [3.05, 3.63) is 52.7 Å². The predicted octanol–water partition coefficient (Wildman–Crippen LogP) is 2.44. The number of morpholine rings is 1. The summed E-state index contributed by atoms with van der Waals surface area (Å²) in [6.07, 6.45) is 0. The molecule has 0 unspecified atom stereocenters. The van der Waals surface area contributed by atoms with E-state index in [1.165, 1.54) is 24.3 Å². The Balaban J connectivity index is 1.80. The van der Waals surface area contributed by atoms with E-state index in [0.717, 1.165) is 18.8 Å². The van der Waals surface area contributed by atoms with Crippen LogP contribution in [-0.2, 0) is 4.74 Å². The fourth-order valence-corrected chi connectivity index (χ4v) is 3.14. The Bertz CT molecular complexity index is 990. The minimum Gasteiger partial charge on any atom is -0.508 e. The number of anilines is 1. The Morgan fingerprint density at radius 1 is 1.00 bits per heavy atom. The molecule has 6 nitrogen and oxygen atoms in total. The van der Waals surface area contributed by atoms with Crippen LogP contribution in [0.4, 0.5) is 5.69 Å². The van der Waals surface area contributed by atoms with Gasteiger partial charge in [0.1, 0.15) is 11.5 Å². The van der Waals surface area contributed by atoms with Gasteiger partial charge in [0.05, 0.1) is 18.9 Å². The van der Waals surface area contributed by atoms with Crippen LogP contribution in [0.25, 0.3) is 22.2 Å². The number of rotatable bonds is 2. The quantitative estimate of drug-likeness (QED) is 0.625. The first-order valence-electron chi connectivity index (χ1n) is 8.14. The average molecular weight is 338 g/mol. The summed E-state index contributed by atoms with van der Waals surface area (Å²) < 4.78 is 5.36. The maximum atomic E-state index is 12.6. The fourth-order valence-electron chi connectivity index (χ4n) is 3.14. The number of aromatic hydroxyl groups is 2. The molecule has 1 aliphatic heterocycles. The van der Waals surface area contributed by atoms with Gasteiger partial charge in [-0.3, -0.25) is 4.79 Å². The molecule has 1 saturated heterocycles. The maximum absolute atomic E-state index is 12.6. The zero-order chi connectivity index (χ0) is 17.4. The van der Waals surface area contributed by atoms with Gasteiger partial charge in [0.25, 0.3) is 0 Å². The topological polar surface area (TPSA) is 85.8 Å². The Morgan fingerprint density at radius 3 is 2.60 bits per heavy atom. The fraction of sp³-hybridized carbons (Fsp3) is 0.211. The van der Waals surface area contributed by atoms with E-state index >= 15 is 0 Å². The van der Waals surface area contributed by atoms with Crippen molar-refractivity contribution in [3.8, 4) is 22.8 Å². The number of hydrogen-bond acceptors (Lipinski definition) is 5. The second kappa shape index (κ2) is 6.14. The summed E-state index contributed by atoms with van der Waals surface area (Å²) in [5.41, 5.74) is 2.39. The minimum atomic E-state index is -0.137. The molecular formula is C19H18N2O4. The largest absolute Gasteiger partial charge is 0.508 e. The second-order valence-corrected chi connectivity index (χ2v) is 6.08. The summed E-state index contributed by atoms with van der Waals surface area (Å²) in [4.78, 5) is 18.0. The van der Waals surface area contributed by atoms with Crippen LogP contribution in [0.15, 0.2) is 47.3 Å². The van der Waals surface area contributed by atoms with Crippen molar-refractivity contribution in [3.63, 3.8) is 0 Å². The summed E-state index contributed by atoms with van der Waals surface area (Å²) >= 11 is 0. The molecular weight excluding hydrogens is 320 g/mol. The van der Waals surface area contributed by atoms with Gasteiger partial charge in [-0.1, -0.05) is 0 Å². The Hall–Kier alpha value is -2.99. The van der Waals surface area contributed by atoms with Crippen molar-refractivity contribution in [1.29, 1.82) is 0 Å². The van der Waals surface area contributed by atoms with Gasteiger partial charge in [0.2, 0.25) is 0 Å². The predicted molar refractivity (Wildman–Crippen MR) is 96.4 cm³/mol. The standard InChI is InChI=1S/C19H18N2O4/c22-13-2-4-18(23)15(10-13)17-11-19(24)14-9-12(1-3-16(14)20-17)21-5-7-25-8-6-21/h1-4,9-11,22-23H,5-8H2,(H,20,24). The molecule has 0 aliphatic carbocycles. The third-order valence-electron chi connectivity index (χ3n) is 4.46. The van der Waals surface area contributed by atoms with Crippen LogP contribution in [0.5, 0.6) is 11.5 Å². The van der Waals surface area contributed by atoms with Crippen LogP contribution in [-0.4, -0.2) is 41.5 Å². The minimum absolute atomic E-state index is 0.00210. The lowest BCUT2D eigenvalue weighted by Gasteiger charge is -2.29. The number of phenols is 2. The third-order valence-corrected chi connectivity index (χ3v) is 4.46. The van der Waals surface area contributed by atoms with Gasteiger partial charge >= 0.3 is 0 Å². The molecule has 25 heavy (non-hydrogen) atoms. The number of benzene rings is 2. The summed E-state index contributed by atoms with van der Waals surface area (Å²) in [6.45, 7) is 2.98. The number of fused-ring (bicyclic) bond motifs is 1. The van der Waals surface area contributed by atoms with Crippen molar-refractivity contribution in [2.75, 3.05) is 31.2 Å². The molecule has 0 radical (unpaired) electrons. The van der Waals surface area contributed by atoms with Gasteiger partial charge < -0.3 is 24.8 Å². The van der Waals surface area contributed by atoms with Crippen molar-refractivity contribution in [2.24, 2.45) is 0 Å². The van der Waals surface area contributed by atoms with E-state index < -0.39 is 0 Å². The van der Waals surface area contributed by atoms with Crippen molar-refractivity contribution < 1.29 is 14.9 Å². The highest BCUT2D eigenvalue weighted by Crippen LogP contribution is 2.31. The number of phenolic OH excluding ortho intramolecular Hbond substituents is 2. The SMILES string of the molecule is O=c1cc(-c2cc(O)ccc2O)[nH]c2ccc(N3CCOCC3)cc12. The molecule has 0 amide bonds. The molecule has 2 aromatic carbocycles. The van der Waals surface area contributed by atoms with Gasteiger partial charge in [0.15, 0.2) is 5.43 Å². The zero-order valence-corrected chi connectivity index (χ0v) is 13.5. The van der Waals surface area contributed by atoms with Gasteiger partial charge in [0, 0.05) is 41.3 Å². The molecule has 3 N–H and O–H groups in total. The number of H-pyrrole nitrogens is 1. The van der Waals surface area contributed by atoms with Crippen LogP contribution < -0.4 is 10.3 Å². The molecule has 6 heteroatoms. The van der Waals surface area contributed by atoms with Gasteiger partial charge in [-0.25, -0.2) is 0 Å². The number of aromatic amines is 1. The molecule has 1 aromatic heterocycles. The molecule has 0 atom stereocenters. The van der Waals surface area contributed by atoms with Crippen LogP contribution in [0.3, 0.4) is 0 Å². The van der Waals surface area contributed by atoms with Gasteiger partial charge in [-0.15, -0.1) is 0 Å². The Kier molecular flexibility index (Phi) is 3.82. The summed E-state index contributed by atoms with van der Waals surface area (Å²) in [6, 6.07) is 11.4. The van der Waals surface area contributed by atoms with Gasteiger partial charge in [-0.2, -0.15) is 0 Å². The number of hydrogen-bond donors (Lipinski definition) is 3. The highest BCUT2D eigenvalue weighted by Gasteiger charge is 2.14. The molecule has 0 saturated carbocycles. The summed E-state index contributed by atoms with van der Waals surface area (Å²) in [5.74, 6) is 0.0224. The number of ether oxygens (including phenoxy) is 1. The molecule has 2 heterocycles. The number of pyridine rings is 1. The molecule has 1 fully saturated rings. The van der Waals surface area contributed by atoms with Crippen molar-refractivity contribution >= 4 is 16.6 Å². The zero-order valence-electron chi connectivity index (χ0n) is 13.5. The van der Waals surface area contributed by atoms with E-state index in [1.807, 2.05) is 18.2 Å². The van der Waals surface area contributed by atoms with E-state index in [0.29, 0.717) is 35.4 Å². The Morgan fingerprint density at radius 2 is 1.80 bits per heavy atom. The van der Waals surface area contributed by atoms with Gasteiger partial charge in [-0.05, 0) is 36.4 Å². The number of aromatic nitrogens is 1. The lowest BCUT2D eigenvalue weighted by atomic mass is 10.1. The lowest BCUT2D eigenvalue weighted by molar-refractivity contribution is 0.122. The first kappa shape index (κ1) is 15.5. The van der Waals surface area contributed by atoms with Crippen LogP contribution in [0.1, 0.15) is 0 Å². The normalized spacial score (nSPS) is 14.8. The van der Waals surface area contributed by atoms with Crippen molar-refractivity contribution in [2.45, 2.75) is 0 Å². The smallest absolute Gasteiger partial charge is 0.190 e. The van der Waals surface area contributed by atoms with Crippen LogP contribution in [0.2, 0.25) is 0 Å². The van der Waals surface area contributed by atoms with Crippen molar-refractivity contribution in [1.82, 2.24) is 4.98 Å². The van der Waals surface area contributed by atoms with Crippen LogP contribution in [0, 0.1) is 0 Å². The molecule has 3 aromatic rings. The van der Waals surface area contributed by atoms with E-state index in [1.54, 1.807) is 0 Å². The monoisotopic (exact) mass is 338 g/mol. The second-order valence-electron chi connectivity index (χ2n) is 6.08. The molecule has 0 bridgehead atoms. The van der Waals surface area contributed by atoms with E-state index in [4.69, 9.17) is 4.74 Å². The van der Waals surface area contributed by atoms with Crippen LogP contribution >= 0.6 is 0 Å². The van der Waals surface area contributed by atoms with E-state index in [2.05, 4.69) is 9.88 Å². The number of nitrogens with one attached hydrogen (secondary N) is 1. The molecule has 4 rings (SSSR count). The molecule has 1 aliphatic rings. The molecule has 0 spiro atoms. The first-order valence-corrected chi connectivity index (χ1v) is 8.14. The van der Waals surface area contributed by atoms with E-state index in [9.17, 15) is 15.0 Å². The highest BCUT2D eigenvalue weighted by atomic mass is 16.5.